The molecule has 0 aromatic carbocycles. The van der Waals surface area contributed by atoms with Crippen molar-refractivity contribution in [1.82, 2.24) is 19.3 Å². The van der Waals surface area contributed by atoms with Crippen molar-refractivity contribution in [1.29, 1.82) is 0 Å². The van der Waals surface area contributed by atoms with Gasteiger partial charge in [0.15, 0.2) is 5.82 Å². The summed E-state index contributed by atoms with van der Waals surface area (Å²) in [7, 11) is 1.86. The monoisotopic (exact) mass is 234 g/mol. The molecule has 0 unspecified atom stereocenters. The second-order valence-corrected chi connectivity index (χ2v) is 4.03. The standard InChI is InChI=1S/C11H14N4O2/c1-7-4-9(11(16)17)8(2)15(7)5-10-13-12-6-14(10)3/h4,6H,5H2,1-3H3,(H,16,17). The van der Waals surface area contributed by atoms with Crippen LogP contribution < -0.4 is 0 Å². The molecule has 0 spiro atoms. The van der Waals surface area contributed by atoms with E-state index >= 15 is 0 Å². The molecular formula is C11H14N4O2. The summed E-state index contributed by atoms with van der Waals surface area (Å²) in [5, 5.41) is 16.8. The highest BCUT2D eigenvalue weighted by Crippen LogP contribution is 2.16. The lowest BCUT2D eigenvalue weighted by Crippen LogP contribution is -2.09. The van der Waals surface area contributed by atoms with Gasteiger partial charge in [-0.2, -0.15) is 0 Å². The Bertz CT molecular complexity index is 568. The van der Waals surface area contributed by atoms with Crippen LogP contribution in [0.1, 0.15) is 27.6 Å². The predicted molar refractivity (Wildman–Crippen MR) is 61.0 cm³/mol. The van der Waals surface area contributed by atoms with Gasteiger partial charge in [-0.3, -0.25) is 0 Å². The number of carbonyl (C=O) groups is 1. The second kappa shape index (κ2) is 4.04. The van der Waals surface area contributed by atoms with E-state index in [1.165, 1.54) is 0 Å². The van der Waals surface area contributed by atoms with E-state index in [-0.39, 0.29) is 0 Å². The Morgan fingerprint density at radius 2 is 2.18 bits per heavy atom. The average Bonchev–Trinajstić information content (AvgIpc) is 2.77. The number of hydrogen-bond acceptors (Lipinski definition) is 3. The summed E-state index contributed by atoms with van der Waals surface area (Å²) in [4.78, 5) is 11.0. The molecule has 0 amide bonds. The SMILES string of the molecule is Cc1cc(C(=O)O)c(C)n1Cc1nncn1C. The Hall–Kier alpha value is -2.11. The third kappa shape index (κ3) is 1.93. The van der Waals surface area contributed by atoms with Crippen molar-refractivity contribution in [3.63, 3.8) is 0 Å². The molecule has 0 aliphatic heterocycles. The predicted octanol–water partition coefficient (Wildman–Crippen LogP) is 0.980. The molecule has 1 N–H and O–H groups in total. The first-order valence-electron chi connectivity index (χ1n) is 5.23. The zero-order valence-electron chi connectivity index (χ0n) is 10.0. The largest absolute Gasteiger partial charge is 0.478 e. The molecule has 0 radical (unpaired) electrons. The van der Waals surface area contributed by atoms with Gasteiger partial charge < -0.3 is 14.2 Å². The van der Waals surface area contributed by atoms with Gasteiger partial charge in [-0.05, 0) is 19.9 Å². The summed E-state index contributed by atoms with van der Waals surface area (Å²) in [6.45, 7) is 4.21. The van der Waals surface area contributed by atoms with Gasteiger partial charge in [-0.25, -0.2) is 4.79 Å². The van der Waals surface area contributed by atoms with E-state index < -0.39 is 5.97 Å². The van der Waals surface area contributed by atoms with Crippen molar-refractivity contribution in [2.24, 2.45) is 7.05 Å². The third-order valence-electron chi connectivity index (χ3n) is 2.91. The van der Waals surface area contributed by atoms with Gasteiger partial charge in [0, 0.05) is 18.4 Å². The van der Waals surface area contributed by atoms with E-state index in [4.69, 9.17) is 5.11 Å². The first-order chi connectivity index (χ1) is 8.00. The molecular weight excluding hydrogens is 220 g/mol. The van der Waals surface area contributed by atoms with E-state index in [1.807, 2.05) is 23.1 Å². The molecule has 0 saturated carbocycles. The maximum absolute atomic E-state index is 11.0. The number of hydrogen-bond donors (Lipinski definition) is 1. The van der Waals surface area contributed by atoms with Crippen molar-refractivity contribution in [3.8, 4) is 0 Å². The molecule has 90 valence electrons. The lowest BCUT2D eigenvalue weighted by atomic mass is 10.2. The molecule has 2 heterocycles. The molecule has 0 atom stereocenters. The van der Waals surface area contributed by atoms with Crippen molar-refractivity contribution < 1.29 is 9.90 Å². The van der Waals surface area contributed by atoms with Crippen LogP contribution in [0, 0.1) is 13.8 Å². The van der Waals surface area contributed by atoms with E-state index in [2.05, 4.69) is 10.2 Å². The fraction of sp³-hybridized carbons (Fsp3) is 0.364. The second-order valence-electron chi connectivity index (χ2n) is 4.03. The molecule has 0 bridgehead atoms. The molecule has 17 heavy (non-hydrogen) atoms. The fourth-order valence-electron chi connectivity index (χ4n) is 1.85. The van der Waals surface area contributed by atoms with Gasteiger partial charge in [0.1, 0.15) is 6.33 Å². The normalized spacial score (nSPS) is 10.8. The van der Waals surface area contributed by atoms with Crippen LogP contribution in [0.25, 0.3) is 0 Å². The van der Waals surface area contributed by atoms with Crippen molar-refractivity contribution in [3.05, 3.63) is 35.2 Å². The average molecular weight is 234 g/mol. The number of nitrogens with zero attached hydrogens (tertiary/aromatic N) is 4. The lowest BCUT2D eigenvalue weighted by Gasteiger charge is -2.08. The van der Waals surface area contributed by atoms with Crippen molar-refractivity contribution >= 4 is 5.97 Å². The number of rotatable bonds is 3. The summed E-state index contributed by atoms with van der Waals surface area (Å²) < 4.78 is 3.74. The molecule has 6 nitrogen and oxygen atoms in total. The highest BCUT2D eigenvalue weighted by molar-refractivity contribution is 5.89. The van der Waals surface area contributed by atoms with Crippen LogP contribution >= 0.6 is 0 Å². The van der Waals surface area contributed by atoms with E-state index in [0.717, 1.165) is 17.2 Å². The zero-order chi connectivity index (χ0) is 12.6. The van der Waals surface area contributed by atoms with Gasteiger partial charge in [0.05, 0.1) is 12.1 Å². The van der Waals surface area contributed by atoms with E-state index in [9.17, 15) is 4.79 Å². The Balaban J connectivity index is 2.40. The van der Waals surface area contributed by atoms with Gasteiger partial charge in [-0.1, -0.05) is 0 Å². The minimum absolute atomic E-state index is 0.338. The van der Waals surface area contributed by atoms with Crippen LogP contribution in [0.5, 0.6) is 0 Å². The van der Waals surface area contributed by atoms with Crippen LogP contribution in [-0.4, -0.2) is 30.4 Å². The quantitative estimate of drug-likeness (QED) is 0.859. The van der Waals surface area contributed by atoms with Crippen LogP contribution in [0.4, 0.5) is 0 Å². The summed E-state index contributed by atoms with van der Waals surface area (Å²) >= 11 is 0. The number of carboxylic acid groups (broad SMARTS) is 1. The van der Waals surface area contributed by atoms with Crippen LogP contribution in [-0.2, 0) is 13.6 Å². The number of aromatic carboxylic acids is 1. The maximum Gasteiger partial charge on any atom is 0.337 e. The third-order valence-corrected chi connectivity index (χ3v) is 2.91. The van der Waals surface area contributed by atoms with Gasteiger partial charge in [0.2, 0.25) is 0 Å². The molecule has 2 rings (SSSR count). The molecule has 0 aliphatic carbocycles. The fourth-order valence-corrected chi connectivity index (χ4v) is 1.85. The number of carboxylic acids is 1. The Morgan fingerprint density at radius 3 is 2.65 bits per heavy atom. The van der Waals surface area contributed by atoms with Crippen molar-refractivity contribution in [2.45, 2.75) is 20.4 Å². The van der Waals surface area contributed by atoms with Gasteiger partial charge in [-0.15, -0.1) is 10.2 Å². The van der Waals surface area contributed by atoms with E-state index in [1.54, 1.807) is 19.3 Å². The van der Waals surface area contributed by atoms with Crippen molar-refractivity contribution in [2.75, 3.05) is 0 Å². The number of aromatic nitrogens is 4. The topological polar surface area (TPSA) is 72.9 Å². The first-order valence-corrected chi connectivity index (χ1v) is 5.23. The Labute approximate surface area is 98.5 Å². The van der Waals surface area contributed by atoms with Crippen LogP contribution in [0.15, 0.2) is 12.4 Å². The smallest absolute Gasteiger partial charge is 0.337 e. The minimum atomic E-state index is -0.901. The molecule has 2 aromatic rings. The highest BCUT2D eigenvalue weighted by Gasteiger charge is 2.15. The summed E-state index contributed by atoms with van der Waals surface area (Å²) in [5.41, 5.74) is 1.98. The summed E-state index contributed by atoms with van der Waals surface area (Å²) in [6.07, 6.45) is 1.63. The zero-order valence-corrected chi connectivity index (χ0v) is 10.0. The molecule has 0 aliphatic rings. The van der Waals surface area contributed by atoms with Crippen LogP contribution in [0.2, 0.25) is 0 Å². The molecule has 6 heteroatoms. The van der Waals surface area contributed by atoms with Crippen LogP contribution in [0.3, 0.4) is 0 Å². The highest BCUT2D eigenvalue weighted by atomic mass is 16.4. The molecule has 0 fully saturated rings. The minimum Gasteiger partial charge on any atom is -0.478 e. The summed E-state index contributed by atoms with van der Waals surface area (Å²) in [6, 6.07) is 1.67. The van der Waals surface area contributed by atoms with Gasteiger partial charge in [0.25, 0.3) is 0 Å². The molecule has 2 aromatic heterocycles. The molecule has 0 saturated heterocycles. The van der Waals surface area contributed by atoms with E-state index in [0.29, 0.717) is 12.1 Å². The lowest BCUT2D eigenvalue weighted by molar-refractivity contribution is 0.0696. The maximum atomic E-state index is 11.0. The Morgan fingerprint density at radius 1 is 1.47 bits per heavy atom. The van der Waals surface area contributed by atoms with Gasteiger partial charge >= 0.3 is 5.97 Å². The first kappa shape index (κ1) is 11.4. The number of aryl methyl sites for hydroxylation is 2. The Kier molecular flexibility index (Phi) is 2.71. The summed E-state index contributed by atoms with van der Waals surface area (Å²) in [5.74, 6) is -0.106.